The summed E-state index contributed by atoms with van der Waals surface area (Å²) in [5.74, 6) is -0.148. The van der Waals surface area contributed by atoms with Gasteiger partial charge in [0, 0.05) is 16.7 Å². The molecule has 0 unspecified atom stereocenters. The van der Waals surface area contributed by atoms with E-state index < -0.39 is 5.97 Å². The van der Waals surface area contributed by atoms with Crippen LogP contribution in [0.5, 0.6) is 0 Å². The summed E-state index contributed by atoms with van der Waals surface area (Å²) in [5, 5.41) is 8.77. The Labute approximate surface area is 125 Å². The summed E-state index contributed by atoms with van der Waals surface area (Å²) >= 11 is 8.78. The van der Waals surface area contributed by atoms with Crippen LogP contribution in [0.3, 0.4) is 0 Å². The smallest absolute Gasteiger partial charge is 0.323 e. The Kier molecular flexibility index (Phi) is 6.68. The molecule has 0 saturated carbocycles. The zero-order chi connectivity index (χ0) is 14.4. The molecule has 1 amide bonds. The number of amides is 1. The molecular weight excluding hydrogens is 306 g/mol. The van der Waals surface area contributed by atoms with Crippen LogP contribution in [0.2, 0.25) is 4.34 Å². The molecule has 1 aromatic heterocycles. The fourth-order valence-corrected chi connectivity index (χ4v) is 3.56. The number of carbonyl (C=O) groups excluding carboxylic acids is 1. The van der Waals surface area contributed by atoms with Crippen LogP contribution in [0.1, 0.15) is 18.7 Å². The molecule has 0 radical (unpaired) electrons. The van der Waals surface area contributed by atoms with Gasteiger partial charge >= 0.3 is 5.97 Å². The zero-order valence-electron chi connectivity index (χ0n) is 10.8. The summed E-state index contributed by atoms with van der Waals surface area (Å²) in [4.78, 5) is 25.1. The van der Waals surface area contributed by atoms with Gasteiger partial charge in [0.2, 0.25) is 5.91 Å². The van der Waals surface area contributed by atoms with Gasteiger partial charge in [-0.3, -0.25) is 9.59 Å². The molecule has 0 spiro atoms. The molecule has 19 heavy (non-hydrogen) atoms. The van der Waals surface area contributed by atoms with Gasteiger partial charge < -0.3 is 10.0 Å². The second-order valence-corrected chi connectivity index (χ2v) is 6.99. The molecule has 1 heterocycles. The summed E-state index contributed by atoms with van der Waals surface area (Å²) in [6, 6.07) is 3.65. The number of nitrogens with zero attached hydrogens (tertiary/aromatic N) is 1. The average Bonchev–Trinajstić information content (AvgIpc) is 2.71. The van der Waals surface area contributed by atoms with Crippen molar-refractivity contribution in [2.45, 2.75) is 25.6 Å². The van der Waals surface area contributed by atoms with E-state index >= 15 is 0 Å². The normalized spacial score (nSPS) is 10.7. The van der Waals surface area contributed by atoms with Crippen molar-refractivity contribution >= 4 is 46.6 Å². The first-order chi connectivity index (χ1) is 8.90. The van der Waals surface area contributed by atoms with Crippen LogP contribution in [0.15, 0.2) is 12.1 Å². The molecule has 7 heteroatoms. The monoisotopic (exact) mass is 321 g/mol. The Balaban J connectivity index is 2.42. The van der Waals surface area contributed by atoms with Crippen LogP contribution in [-0.2, 0) is 15.3 Å². The third-order valence-electron chi connectivity index (χ3n) is 2.35. The zero-order valence-corrected chi connectivity index (χ0v) is 13.1. The van der Waals surface area contributed by atoms with Gasteiger partial charge in [0.25, 0.3) is 0 Å². The highest BCUT2D eigenvalue weighted by Crippen LogP contribution is 2.25. The minimum Gasteiger partial charge on any atom is -0.480 e. The van der Waals surface area contributed by atoms with Crippen molar-refractivity contribution in [3.63, 3.8) is 0 Å². The molecule has 0 saturated heterocycles. The molecule has 1 rings (SSSR count). The number of hydrogen-bond donors (Lipinski definition) is 1. The summed E-state index contributed by atoms with van der Waals surface area (Å²) < 4.78 is 0.733. The van der Waals surface area contributed by atoms with Crippen molar-refractivity contribution in [3.8, 4) is 0 Å². The molecule has 0 aromatic carbocycles. The highest BCUT2D eigenvalue weighted by Gasteiger charge is 2.19. The van der Waals surface area contributed by atoms with Crippen molar-refractivity contribution < 1.29 is 14.7 Å². The standard InChI is InChI=1S/C12H16ClNO3S2/c1-8(2)14(5-12(16)17)11(15)7-18-6-9-3-4-10(13)19-9/h3-4,8H,5-7H2,1-2H3,(H,16,17). The highest BCUT2D eigenvalue weighted by molar-refractivity contribution is 7.99. The SMILES string of the molecule is CC(C)N(CC(=O)O)C(=O)CSCc1ccc(Cl)s1. The number of aliphatic carboxylic acids is 1. The number of thiophene rings is 1. The van der Waals surface area contributed by atoms with E-state index in [2.05, 4.69) is 0 Å². The van der Waals surface area contributed by atoms with Gasteiger partial charge in [-0.25, -0.2) is 0 Å². The lowest BCUT2D eigenvalue weighted by Crippen LogP contribution is -2.41. The fourth-order valence-electron chi connectivity index (χ4n) is 1.46. The lowest BCUT2D eigenvalue weighted by molar-refractivity contribution is -0.144. The third kappa shape index (κ3) is 5.84. The molecule has 1 aromatic rings. The number of halogens is 1. The number of hydrogen-bond acceptors (Lipinski definition) is 4. The van der Waals surface area contributed by atoms with Crippen molar-refractivity contribution in [3.05, 3.63) is 21.3 Å². The molecule has 106 valence electrons. The van der Waals surface area contributed by atoms with E-state index in [0.717, 1.165) is 9.21 Å². The third-order valence-corrected chi connectivity index (χ3v) is 4.73. The quantitative estimate of drug-likeness (QED) is 0.839. The maximum absolute atomic E-state index is 11.9. The number of carboxylic acids is 1. The van der Waals surface area contributed by atoms with Crippen molar-refractivity contribution in [2.24, 2.45) is 0 Å². The maximum atomic E-state index is 11.9. The van der Waals surface area contributed by atoms with Gasteiger partial charge in [-0.15, -0.1) is 23.1 Å². The highest BCUT2D eigenvalue weighted by atomic mass is 35.5. The lowest BCUT2D eigenvalue weighted by atomic mass is 10.3. The molecule has 0 fully saturated rings. The van der Waals surface area contributed by atoms with Gasteiger partial charge in [0.05, 0.1) is 10.1 Å². The number of carboxylic acid groups (broad SMARTS) is 1. The Bertz CT molecular complexity index is 448. The van der Waals surface area contributed by atoms with Gasteiger partial charge in [-0.05, 0) is 26.0 Å². The first-order valence-corrected chi connectivity index (χ1v) is 8.08. The average molecular weight is 322 g/mol. The fraction of sp³-hybridized carbons (Fsp3) is 0.500. The van der Waals surface area contributed by atoms with Gasteiger partial charge in [-0.2, -0.15) is 0 Å². The predicted octanol–water partition coefficient (Wildman–Crippen LogP) is 2.96. The summed E-state index contributed by atoms with van der Waals surface area (Å²) in [6.45, 7) is 3.37. The van der Waals surface area contributed by atoms with E-state index in [9.17, 15) is 9.59 Å². The Morgan fingerprint density at radius 1 is 1.47 bits per heavy atom. The van der Waals surface area contributed by atoms with Gasteiger partial charge in [-0.1, -0.05) is 11.6 Å². The van der Waals surface area contributed by atoms with Crippen LogP contribution >= 0.6 is 34.7 Å². The molecule has 0 bridgehead atoms. The molecule has 0 aliphatic heterocycles. The van der Waals surface area contributed by atoms with E-state index in [4.69, 9.17) is 16.7 Å². The van der Waals surface area contributed by atoms with Crippen LogP contribution < -0.4 is 0 Å². The Hall–Kier alpha value is -0.720. The first kappa shape index (κ1) is 16.3. The first-order valence-electron chi connectivity index (χ1n) is 5.73. The molecule has 0 atom stereocenters. The predicted molar refractivity (Wildman–Crippen MR) is 80.0 cm³/mol. The van der Waals surface area contributed by atoms with Gasteiger partial charge in [0.15, 0.2) is 0 Å². The number of thioether (sulfide) groups is 1. The second-order valence-electron chi connectivity index (χ2n) is 4.21. The van der Waals surface area contributed by atoms with Crippen molar-refractivity contribution in [1.82, 2.24) is 4.90 Å². The van der Waals surface area contributed by atoms with E-state index in [1.54, 1.807) is 0 Å². The largest absolute Gasteiger partial charge is 0.480 e. The summed E-state index contributed by atoms with van der Waals surface area (Å²) in [6.07, 6.45) is 0. The van der Waals surface area contributed by atoms with Crippen molar-refractivity contribution in [2.75, 3.05) is 12.3 Å². The van der Waals surface area contributed by atoms with E-state index in [0.29, 0.717) is 5.75 Å². The Morgan fingerprint density at radius 2 is 2.16 bits per heavy atom. The molecule has 4 nitrogen and oxygen atoms in total. The summed E-state index contributed by atoms with van der Waals surface area (Å²) in [7, 11) is 0. The van der Waals surface area contributed by atoms with Crippen LogP contribution in [-0.4, -0.2) is 40.2 Å². The lowest BCUT2D eigenvalue weighted by Gasteiger charge is -2.24. The van der Waals surface area contributed by atoms with E-state index in [-0.39, 0.29) is 24.2 Å². The Morgan fingerprint density at radius 3 is 2.63 bits per heavy atom. The molecular formula is C12H16ClNO3S2. The number of carbonyl (C=O) groups is 2. The molecule has 1 N–H and O–H groups in total. The van der Waals surface area contributed by atoms with Crippen LogP contribution in [0, 0.1) is 0 Å². The summed E-state index contributed by atoms with van der Waals surface area (Å²) in [5.41, 5.74) is 0. The topological polar surface area (TPSA) is 57.6 Å². The van der Waals surface area contributed by atoms with Crippen LogP contribution in [0.25, 0.3) is 0 Å². The minimum atomic E-state index is -0.989. The van der Waals surface area contributed by atoms with Crippen LogP contribution in [0.4, 0.5) is 0 Å². The number of rotatable bonds is 7. The molecule has 0 aliphatic carbocycles. The van der Waals surface area contributed by atoms with E-state index in [1.165, 1.54) is 28.0 Å². The maximum Gasteiger partial charge on any atom is 0.323 e. The second kappa shape index (κ2) is 7.77. The van der Waals surface area contributed by atoms with E-state index in [1.807, 2.05) is 26.0 Å². The van der Waals surface area contributed by atoms with Crippen molar-refractivity contribution in [1.29, 1.82) is 0 Å². The van der Waals surface area contributed by atoms with Gasteiger partial charge in [0.1, 0.15) is 6.54 Å². The molecule has 0 aliphatic rings. The minimum absolute atomic E-state index is 0.111.